The Hall–Kier alpha value is -4.24. The number of rotatable bonds is 6. The third-order valence-electron chi connectivity index (χ3n) is 9.57. The average Bonchev–Trinajstić information content (AvgIpc) is 3.46. The van der Waals surface area contributed by atoms with E-state index in [1.165, 1.54) is 6.92 Å². The van der Waals surface area contributed by atoms with E-state index in [9.17, 15) is 17.6 Å². The van der Waals surface area contributed by atoms with E-state index >= 15 is 4.39 Å². The van der Waals surface area contributed by atoms with Crippen LogP contribution in [0.5, 0.6) is 11.8 Å². The number of nitrogen functional groups attached to an aromatic ring is 2. The summed E-state index contributed by atoms with van der Waals surface area (Å²) >= 11 is 6.77. The predicted octanol–water partition coefficient (Wildman–Crippen LogP) is 6.29. The van der Waals surface area contributed by atoms with Crippen molar-refractivity contribution in [2.75, 3.05) is 49.2 Å². The lowest BCUT2D eigenvalue weighted by molar-refractivity contribution is -0.137. The van der Waals surface area contributed by atoms with Gasteiger partial charge in [-0.25, -0.2) is 18.7 Å². The molecule has 16 heteroatoms. The van der Waals surface area contributed by atoms with Crippen molar-refractivity contribution >= 4 is 40.0 Å². The highest BCUT2D eigenvalue weighted by Crippen LogP contribution is 2.51. The van der Waals surface area contributed by atoms with Gasteiger partial charge in [-0.05, 0) is 50.9 Å². The average molecular weight is 691 g/mol. The number of hydrogen-bond donors (Lipinski definition) is 2. The lowest BCUT2D eigenvalue weighted by Gasteiger charge is -2.32. The fourth-order valence-corrected chi connectivity index (χ4v) is 7.74. The molecule has 6 heterocycles. The summed E-state index contributed by atoms with van der Waals surface area (Å²) in [5.74, 6) is -1.15. The monoisotopic (exact) mass is 690 g/mol. The maximum atomic E-state index is 17.0. The third kappa shape index (κ3) is 5.27. The zero-order valence-corrected chi connectivity index (χ0v) is 26.8. The molecule has 4 N–H and O–H groups in total. The number of alkyl halides is 4. The summed E-state index contributed by atoms with van der Waals surface area (Å²) in [6.45, 7) is 4.27. The molecule has 7 rings (SSSR count). The van der Waals surface area contributed by atoms with Gasteiger partial charge in [-0.2, -0.15) is 23.1 Å². The van der Waals surface area contributed by atoms with Gasteiger partial charge in [0, 0.05) is 24.7 Å². The fourth-order valence-electron chi connectivity index (χ4n) is 7.42. The Bertz CT molecular complexity index is 1930. The highest BCUT2D eigenvalue weighted by molar-refractivity contribution is 6.36. The molecular formula is C32H32ClF5N8O2. The molecule has 1 aromatic carbocycles. The lowest BCUT2D eigenvalue weighted by atomic mass is 9.95. The van der Waals surface area contributed by atoms with E-state index in [4.69, 9.17) is 37.5 Å². The van der Waals surface area contributed by atoms with Gasteiger partial charge in [-0.1, -0.05) is 17.7 Å². The maximum absolute atomic E-state index is 17.0. The van der Waals surface area contributed by atoms with Crippen molar-refractivity contribution in [2.24, 2.45) is 0 Å². The minimum absolute atomic E-state index is 0.0115. The van der Waals surface area contributed by atoms with Crippen molar-refractivity contribution in [3.05, 3.63) is 51.9 Å². The molecule has 3 aliphatic rings. The van der Waals surface area contributed by atoms with Crippen LogP contribution >= 0.6 is 11.6 Å². The van der Waals surface area contributed by atoms with Crippen molar-refractivity contribution in [1.82, 2.24) is 24.8 Å². The highest BCUT2D eigenvalue weighted by Gasteiger charge is 2.49. The summed E-state index contributed by atoms with van der Waals surface area (Å²) in [5, 5.41) is -0.419. The molecule has 0 bridgehead atoms. The Morgan fingerprint density at radius 2 is 2.00 bits per heavy atom. The molecule has 2 saturated heterocycles. The maximum Gasteiger partial charge on any atom is 0.418 e. The van der Waals surface area contributed by atoms with Crippen molar-refractivity contribution in [2.45, 2.75) is 57.0 Å². The molecule has 0 unspecified atom stereocenters. The molecule has 3 atom stereocenters. The van der Waals surface area contributed by atoms with Crippen molar-refractivity contribution in [1.29, 1.82) is 0 Å². The summed E-state index contributed by atoms with van der Waals surface area (Å²) in [5.41, 5.74) is 8.82. The molecule has 0 aliphatic carbocycles. The SMILES string of the molecule is Cc1cc(N)nc(-c2c(Cl)c3c4c(nc(OC[C@@]56CCCN5C[C@H](F)C6)nc4c2F)N([C@H](C)c2cccnc2N)CCO3)c1C(F)(F)F. The first-order valence-corrected chi connectivity index (χ1v) is 15.9. The van der Waals surface area contributed by atoms with Crippen LogP contribution < -0.4 is 25.8 Å². The van der Waals surface area contributed by atoms with Crippen molar-refractivity contribution < 1.29 is 31.4 Å². The molecule has 0 spiro atoms. The zero-order valence-electron chi connectivity index (χ0n) is 26.0. The molecule has 10 nitrogen and oxygen atoms in total. The molecule has 3 aliphatic heterocycles. The van der Waals surface area contributed by atoms with Gasteiger partial charge < -0.3 is 25.8 Å². The van der Waals surface area contributed by atoms with Gasteiger partial charge in [0.05, 0.1) is 45.4 Å². The Morgan fingerprint density at radius 3 is 2.75 bits per heavy atom. The smallest absolute Gasteiger partial charge is 0.418 e. The van der Waals surface area contributed by atoms with Crippen LogP contribution in [-0.4, -0.2) is 69.4 Å². The number of hydrogen-bond acceptors (Lipinski definition) is 10. The second-order valence-electron chi connectivity index (χ2n) is 12.5. The summed E-state index contributed by atoms with van der Waals surface area (Å²) < 4.78 is 87.0. The van der Waals surface area contributed by atoms with Gasteiger partial charge in [-0.3, -0.25) is 4.90 Å². The number of benzene rings is 1. The molecule has 0 radical (unpaired) electrons. The second kappa shape index (κ2) is 11.7. The first-order valence-electron chi connectivity index (χ1n) is 15.5. The van der Waals surface area contributed by atoms with Gasteiger partial charge in [0.2, 0.25) is 0 Å². The zero-order chi connectivity index (χ0) is 34.1. The number of fused-ring (bicyclic) bond motifs is 1. The van der Waals surface area contributed by atoms with E-state index in [1.54, 1.807) is 23.2 Å². The lowest BCUT2D eigenvalue weighted by Crippen LogP contribution is -2.43. The van der Waals surface area contributed by atoms with E-state index in [0.717, 1.165) is 19.0 Å². The molecule has 3 aromatic heterocycles. The standard InChI is InChI=1S/C32H32ClF5N8O2/c1-15-11-19(39)42-25(22(15)32(36,37)38)20-23(33)27-21-26(24(20)35)43-30(48-14-31-6-4-8-45(31)13-17(34)12-31)44-29(21)46(9-10-47-27)16(2)18-5-3-7-41-28(18)40/h3,5,7,11,16-17H,4,6,8-10,12-14H2,1-2H3,(H2,39,42)(H2,40,41)/t16-,17-,31+/m1/s1. The number of nitrogens with two attached hydrogens (primary N) is 2. The molecule has 2 fully saturated rings. The molecule has 254 valence electrons. The molecule has 0 amide bonds. The van der Waals surface area contributed by atoms with Gasteiger partial charge in [0.1, 0.15) is 42.4 Å². The van der Waals surface area contributed by atoms with Crippen LogP contribution in [0, 0.1) is 12.7 Å². The molecule has 0 saturated carbocycles. The Kier molecular flexibility index (Phi) is 7.89. The van der Waals surface area contributed by atoms with E-state index in [0.29, 0.717) is 12.0 Å². The quantitative estimate of drug-likeness (QED) is 0.223. The molecule has 4 aromatic rings. The normalized spacial score (nSPS) is 21.7. The van der Waals surface area contributed by atoms with Crippen LogP contribution in [0.3, 0.4) is 0 Å². The minimum atomic E-state index is -4.93. The van der Waals surface area contributed by atoms with E-state index in [-0.39, 0.29) is 72.9 Å². The Balaban J connectivity index is 1.46. The Labute approximate surface area is 277 Å². The number of aryl methyl sites for hydroxylation is 1. The van der Waals surface area contributed by atoms with Gasteiger partial charge in [-0.15, -0.1) is 0 Å². The van der Waals surface area contributed by atoms with E-state index in [1.807, 2.05) is 11.8 Å². The molecule has 48 heavy (non-hydrogen) atoms. The fraction of sp³-hybridized carbons (Fsp3) is 0.438. The summed E-state index contributed by atoms with van der Waals surface area (Å²) in [6.07, 6.45) is -2.56. The highest BCUT2D eigenvalue weighted by atomic mass is 35.5. The van der Waals surface area contributed by atoms with Crippen LogP contribution in [0.2, 0.25) is 5.02 Å². The predicted molar refractivity (Wildman–Crippen MR) is 170 cm³/mol. The van der Waals surface area contributed by atoms with Crippen molar-refractivity contribution in [3.63, 3.8) is 0 Å². The topological polar surface area (TPSA) is 129 Å². The number of anilines is 3. The molecular weight excluding hydrogens is 659 g/mol. The second-order valence-corrected chi connectivity index (χ2v) is 12.9. The number of pyridine rings is 2. The summed E-state index contributed by atoms with van der Waals surface area (Å²) in [6, 6.07) is 3.84. The van der Waals surface area contributed by atoms with Crippen LogP contribution in [0.4, 0.5) is 39.4 Å². The number of nitrogens with zero attached hydrogens (tertiary/aromatic N) is 6. The van der Waals surface area contributed by atoms with Gasteiger partial charge >= 0.3 is 12.2 Å². The first-order chi connectivity index (χ1) is 22.8. The minimum Gasteiger partial charge on any atom is -0.489 e. The Morgan fingerprint density at radius 1 is 1.21 bits per heavy atom. The van der Waals surface area contributed by atoms with Crippen LogP contribution in [0.15, 0.2) is 24.4 Å². The van der Waals surface area contributed by atoms with Crippen LogP contribution in [0.25, 0.3) is 22.2 Å². The number of ether oxygens (including phenoxy) is 2. The van der Waals surface area contributed by atoms with E-state index < -0.39 is 57.1 Å². The van der Waals surface area contributed by atoms with Gasteiger partial charge in [0.25, 0.3) is 0 Å². The van der Waals surface area contributed by atoms with E-state index in [2.05, 4.69) is 15.0 Å². The van der Waals surface area contributed by atoms with Crippen molar-refractivity contribution in [3.8, 4) is 23.0 Å². The van der Waals surface area contributed by atoms with Crippen LogP contribution in [-0.2, 0) is 6.18 Å². The first kappa shape index (κ1) is 32.3. The largest absolute Gasteiger partial charge is 0.489 e. The summed E-state index contributed by atoms with van der Waals surface area (Å²) in [7, 11) is 0. The van der Waals surface area contributed by atoms with Gasteiger partial charge in [0.15, 0.2) is 11.6 Å². The number of halogens is 6. The van der Waals surface area contributed by atoms with Crippen LogP contribution in [0.1, 0.15) is 48.9 Å². The summed E-state index contributed by atoms with van der Waals surface area (Å²) in [4.78, 5) is 21.1. The third-order valence-corrected chi connectivity index (χ3v) is 9.93. The number of aromatic nitrogens is 4.